The van der Waals surface area contributed by atoms with E-state index in [4.69, 9.17) is 29.9 Å². The Balaban J connectivity index is 0.000000173. The van der Waals surface area contributed by atoms with E-state index in [1.54, 1.807) is 6.33 Å². The molecule has 147 heavy (non-hydrogen) atoms. The summed E-state index contributed by atoms with van der Waals surface area (Å²) in [4.78, 5) is 57.9. The molecule has 7 heterocycles. The van der Waals surface area contributed by atoms with Gasteiger partial charge in [0, 0.05) is 94.6 Å². The Labute approximate surface area is 885 Å². The summed E-state index contributed by atoms with van der Waals surface area (Å²) in [7, 11) is 0. The molecule has 5 saturated carbocycles. The number of hydrogen-bond donors (Lipinski definition) is 12. The summed E-state index contributed by atoms with van der Waals surface area (Å²) in [5.74, 6) is 21.3. The van der Waals surface area contributed by atoms with Gasteiger partial charge in [-0.1, -0.05) is 197 Å². The first-order valence-corrected chi connectivity index (χ1v) is 55.7. The Morgan fingerprint density at radius 3 is 0.823 bits per heavy atom. The van der Waals surface area contributed by atoms with Crippen LogP contribution in [0.3, 0.4) is 0 Å². The molecule has 5 fully saturated rings. The van der Waals surface area contributed by atoms with Crippen LogP contribution in [0.4, 0.5) is 87.4 Å². The van der Waals surface area contributed by atoms with Crippen LogP contribution in [0.25, 0.3) is 22.1 Å². The molecule has 12 N–H and O–H groups in total. The fourth-order valence-electron chi connectivity index (χ4n) is 22.8. The molecule has 0 spiro atoms. The Hall–Kier alpha value is -11.5. The summed E-state index contributed by atoms with van der Waals surface area (Å²) in [5.41, 5.74) is 28.5. The first kappa shape index (κ1) is 116. The normalized spacial score (nSPS) is 26.6. The molecule has 23 heteroatoms. The molecule has 25 atom stereocenters. The number of nitrogens with one attached hydrogen (secondary N) is 12. The highest BCUT2D eigenvalue weighted by Crippen LogP contribution is 2.47. The van der Waals surface area contributed by atoms with E-state index < -0.39 is 0 Å². The van der Waals surface area contributed by atoms with Gasteiger partial charge in [0.25, 0.3) is 0 Å². The third-order valence-corrected chi connectivity index (χ3v) is 37.6. The summed E-state index contributed by atoms with van der Waals surface area (Å²) in [6.07, 6.45) is 15.1. The Morgan fingerprint density at radius 2 is 0.463 bits per heavy atom. The predicted octanol–water partition coefficient (Wildman–Crippen LogP) is 32.4. The van der Waals surface area contributed by atoms with Crippen LogP contribution in [-0.4, -0.2) is 95.0 Å². The lowest BCUT2D eigenvalue weighted by molar-refractivity contribution is 0.123. The SMILES string of the molecule is CC.CC.Cc1ccc(Nc2nc(NC3CC(C)C(C)C(C)C3C)c3cc[nH]c3n2)c(C)c1C.Cc1ccc(Nc2nc(NC3CC(C)C(C)C(C)C3C)nc3[nH]ccc23)c(C)c1C.Cc1ccc(Nc2ncnc(NC3CC(C)C(C)C(C)C3C)n2)c(C)c1C.Cc1cnc(NC2CC(C)C(C)C(C)C2C)nc1Nc1ccc(C)c(C)c1C.Cc1cnc(Nc2ccc(C)c(C)c2C)nc1NC1CC(C)C(C)C(C)C1C. The summed E-state index contributed by atoms with van der Waals surface area (Å²) in [5, 5.41) is 37.8. The molecule has 5 aliphatic rings. The number of nitrogens with zero attached hydrogens (tertiary/aromatic N) is 11. The number of benzene rings is 5. The van der Waals surface area contributed by atoms with Crippen molar-refractivity contribution in [2.45, 2.75) is 346 Å². The van der Waals surface area contributed by atoms with E-state index in [2.05, 4.69) is 411 Å². The molecule has 5 aliphatic carbocycles. The van der Waals surface area contributed by atoms with Crippen molar-refractivity contribution in [3.8, 4) is 0 Å². The van der Waals surface area contributed by atoms with Crippen molar-refractivity contribution in [3.05, 3.63) is 198 Å². The largest absolute Gasteiger partial charge is 0.367 e. The molecule has 12 aromatic rings. The van der Waals surface area contributed by atoms with Crippen molar-refractivity contribution < 1.29 is 0 Å². The predicted molar refractivity (Wildman–Crippen MR) is 627 cm³/mol. The average Bonchev–Trinajstić information content (AvgIpc) is 1.69. The van der Waals surface area contributed by atoms with Crippen molar-refractivity contribution in [1.82, 2.24) is 64.8 Å². The Kier molecular flexibility index (Phi) is 40.3. The van der Waals surface area contributed by atoms with Gasteiger partial charge in [0.2, 0.25) is 35.7 Å². The lowest BCUT2D eigenvalue weighted by Crippen LogP contribution is -2.42. The molecule has 5 aromatic carbocycles. The van der Waals surface area contributed by atoms with E-state index in [9.17, 15) is 0 Å². The first-order chi connectivity index (χ1) is 69.7. The highest BCUT2D eigenvalue weighted by molar-refractivity contribution is 5.91. The van der Waals surface area contributed by atoms with Crippen LogP contribution in [0, 0.1) is 236 Å². The second-order valence-electron chi connectivity index (χ2n) is 45.6. The lowest BCUT2D eigenvalue weighted by Gasteiger charge is -2.43. The molecule has 0 radical (unpaired) electrons. The molecule has 798 valence electrons. The molecule has 0 saturated heterocycles. The summed E-state index contributed by atoms with van der Waals surface area (Å²) in [6, 6.07) is 27.5. The van der Waals surface area contributed by atoms with Crippen LogP contribution < -0.4 is 53.2 Å². The van der Waals surface area contributed by atoms with Crippen LogP contribution in [0.5, 0.6) is 0 Å². The van der Waals surface area contributed by atoms with Crippen LogP contribution in [-0.2, 0) is 0 Å². The van der Waals surface area contributed by atoms with Crippen LogP contribution in [0.1, 0.15) is 293 Å². The number of H-pyrrole nitrogens is 2. The lowest BCUT2D eigenvalue weighted by atomic mass is 9.67. The van der Waals surface area contributed by atoms with E-state index in [1.807, 2.05) is 58.5 Å². The minimum Gasteiger partial charge on any atom is -0.367 e. The highest BCUT2D eigenvalue weighted by atomic mass is 15.2. The fourth-order valence-corrected chi connectivity index (χ4v) is 22.8. The second kappa shape index (κ2) is 51.1. The Bertz CT molecular complexity index is 6350. The van der Waals surface area contributed by atoms with Gasteiger partial charge in [-0.25, -0.2) is 19.9 Å². The van der Waals surface area contributed by atoms with Crippen molar-refractivity contribution in [2.24, 2.45) is 118 Å². The maximum Gasteiger partial charge on any atom is 0.232 e. The monoisotopic (exact) mass is 2000 g/mol. The molecule has 25 unspecified atom stereocenters. The smallest absolute Gasteiger partial charge is 0.232 e. The van der Waals surface area contributed by atoms with Gasteiger partial charge in [-0.2, -0.15) is 34.9 Å². The van der Waals surface area contributed by atoms with E-state index in [-0.39, 0.29) is 0 Å². The summed E-state index contributed by atoms with van der Waals surface area (Å²) >= 11 is 0. The van der Waals surface area contributed by atoms with Crippen molar-refractivity contribution >= 4 is 109 Å². The standard InChI is InChI=1S/2C25H35N5.2C24H36N4.C22H33N5.2C2H6/c1-13-8-9-21(18(6)15(13)3)28-25-29-23-20(10-11-26-23)24(30-25)27-22-12-14(2)16(4)17(5)19(22)7;1-13-8-9-21(18(6)15(13)3)27-24-20-10-11-26-23(20)29-25(30-24)28-22-12-14(2)16(4)17(5)19(22)7;1-13-9-10-21(19(7)16(13)4)27-24-25-12-15(3)23(28-24)26-22-11-14(2)17(5)18(6)20(22)8;1-13-9-10-21(19(7)16(13)4)26-23-15(3)12-25-24(28-23)27-22-11-14(2)17(5)18(6)20(22)8;1-12-8-9-19(17(6)14(12)3)25-21-23-11-24-22(27-21)26-20-10-13(2)15(4)16(5)18(20)7;2*1-2/h2*8-11,14,16-17,19,22H,12H2,1-7H3,(H3,26,27,28,29,30);2*9-10,12,14,17-18,20,22H,11H2,1-8H3,(H2,25,26,27,28);8-9,11,13,15-16,18,20H,10H2,1-7H3,(H2,23,24,25,26,27);2*1-2H3. The van der Waals surface area contributed by atoms with E-state index in [1.165, 1.54) is 103 Å². The number of aryl methyl sites for hydroxylation is 7. The van der Waals surface area contributed by atoms with Gasteiger partial charge in [-0.05, 0) is 394 Å². The number of hydrogen-bond acceptors (Lipinski definition) is 21. The first-order valence-electron chi connectivity index (χ1n) is 55.7. The molecular formula is C124H187N23. The summed E-state index contributed by atoms with van der Waals surface area (Å²) in [6.45, 7) is 91.9. The maximum atomic E-state index is 4.91. The van der Waals surface area contributed by atoms with E-state index >= 15 is 0 Å². The summed E-state index contributed by atoms with van der Waals surface area (Å²) < 4.78 is 0. The number of rotatable bonds is 20. The van der Waals surface area contributed by atoms with Crippen molar-refractivity contribution in [2.75, 3.05) is 53.2 Å². The fraction of sp³-hybridized carbons (Fsp3) is 0.573. The van der Waals surface area contributed by atoms with Gasteiger partial charge in [0.15, 0.2) is 0 Å². The molecule has 0 bridgehead atoms. The van der Waals surface area contributed by atoms with Gasteiger partial charge < -0.3 is 63.1 Å². The minimum atomic E-state index is 0.384. The maximum absolute atomic E-state index is 4.91. The third kappa shape index (κ3) is 27.4. The van der Waals surface area contributed by atoms with E-state index in [0.717, 1.165) is 139 Å². The molecule has 17 rings (SSSR count). The van der Waals surface area contributed by atoms with Gasteiger partial charge in [0.1, 0.15) is 40.9 Å². The van der Waals surface area contributed by atoms with Crippen molar-refractivity contribution in [1.29, 1.82) is 0 Å². The molecule has 7 aromatic heterocycles. The van der Waals surface area contributed by atoms with Gasteiger partial charge in [-0.15, -0.1) is 0 Å². The van der Waals surface area contributed by atoms with Crippen LogP contribution in [0.15, 0.2) is 104 Å². The van der Waals surface area contributed by atoms with Gasteiger partial charge >= 0.3 is 0 Å². The van der Waals surface area contributed by atoms with Crippen LogP contribution in [0.2, 0.25) is 0 Å². The third-order valence-electron chi connectivity index (χ3n) is 37.6. The quantitative estimate of drug-likeness (QED) is 0.0338. The Morgan fingerprint density at radius 1 is 0.211 bits per heavy atom. The zero-order valence-corrected chi connectivity index (χ0v) is 97.7. The van der Waals surface area contributed by atoms with E-state index in [0.29, 0.717) is 143 Å². The number of aromatic amines is 2. The number of aromatic nitrogens is 13. The molecule has 0 aliphatic heterocycles. The number of fused-ring (bicyclic) bond motifs is 2. The molecule has 0 amide bonds. The van der Waals surface area contributed by atoms with Gasteiger partial charge in [0.05, 0.1) is 10.8 Å². The van der Waals surface area contributed by atoms with Crippen LogP contribution >= 0.6 is 0 Å². The topological polar surface area (TPSA) is 294 Å². The minimum absolute atomic E-state index is 0.384. The zero-order valence-electron chi connectivity index (χ0n) is 97.7. The van der Waals surface area contributed by atoms with Crippen molar-refractivity contribution in [3.63, 3.8) is 0 Å². The highest BCUT2D eigenvalue weighted by Gasteiger charge is 2.42. The average molecular weight is 2000 g/mol. The molecule has 23 nitrogen and oxygen atoms in total. The molecular weight excluding hydrogens is 1810 g/mol. The zero-order chi connectivity index (χ0) is 108. The van der Waals surface area contributed by atoms with Gasteiger partial charge in [-0.3, -0.25) is 0 Å². The number of anilines is 15. The second-order valence-corrected chi connectivity index (χ2v) is 45.6.